The van der Waals surface area contributed by atoms with Crippen molar-refractivity contribution in [2.75, 3.05) is 19.6 Å². The summed E-state index contributed by atoms with van der Waals surface area (Å²) in [4.78, 5) is 13.2. The summed E-state index contributed by atoms with van der Waals surface area (Å²) in [5.41, 5.74) is 11.3. The first-order chi connectivity index (χ1) is 7.53. The molecule has 1 amide bonds. The molecular weight excluding hydrogens is 202 g/mol. The fraction of sp³-hybridized carbons (Fsp3) is 0.917. The molecular formula is C12H25N3O. The first-order valence-electron chi connectivity index (χ1n) is 6.30. The van der Waals surface area contributed by atoms with Gasteiger partial charge in [0.25, 0.3) is 0 Å². The van der Waals surface area contributed by atoms with E-state index in [1.807, 2.05) is 0 Å². The molecule has 0 spiro atoms. The van der Waals surface area contributed by atoms with E-state index < -0.39 is 11.9 Å². The van der Waals surface area contributed by atoms with E-state index in [9.17, 15) is 4.79 Å². The van der Waals surface area contributed by atoms with Crippen LogP contribution in [0.4, 0.5) is 0 Å². The zero-order valence-electron chi connectivity index (χ0n) is 10.5. The summed E-state index contributed by atoms with van der Waals surface area (Å²) in [6, 6.07) is -0.488. The topological polar surface area (TPSA) is 72.3 Å². The highest BCUT2D eigenvalue weighted by atomic mass is 16.1. The van der Waals surface area contributed by atoms with Crippen LogP contribution in [0.5, 0.6) is 0 Å². The molecule has 0 aromatic rings. The molecule has 0 aromatic carbocycles. The fourth-order valence-electron chi connectivity index (χ4n) is 2.51. The smallest absolute Gasteiger partial charge is 0.234 e. The third-order valence-corrected chi connectivity index (χ3v) is 4.14. The summed E-state index contributed by atoms with van der Waals surface area (Å²) in [5, 5.41) is 0. The number of hydrogen-bond acceptors (Lipinski definition) is 3. The Hall–Kier alpha value is -0.610. The van der Waals surface area contributed by atoms with Crippen LogP contribution in [0.3, 0.4) is 0 Å². The summed E-state index contributed by atoms with van der Waals surface area (Å²) < 4.78 is 0. The molecule has 1 unspecified atom stereocenters. The molecule has 0 aromatic heterocycles. The minimum Gasteiger partial charge on any atom is -0.368 e. The average Bonchev–Trinajstić information content (AvgIpc) is 2.70. The maximum atomic E-state index is 10.8. The maximum absolute atomic E-state index is 10.8. The Bertz CT molecular complexity index is 238. The van der Waals surface area contributed by atoms with Gasteiger partial charge in [-0.25, -0.2) is 0 Å². The quantitative estimate of drug-likeness (QED) is 0.701. The van der Waals surface area contributed by atoms with Gasteiger partial charge in [-0.1, -0.05) is 13.8 Å². The van der Waals surface area contributed by atoms with Crippen LogP contribution in [-0.4, -0.2) is 36.5 Å². The summed E-state index contributed by atoms with van der Waals surface area (Å²) >= 11 is 0. The first-order valence-corrected chi connectivity index (χ1v) is 6.30. The predicted octanol–water partition coefficient (Wildman–Crippen LogP) is 0.701. The Balaban J connectivity index is 2.34. The molecule has 4 nitrogen and oxygen atoms in total. The number of nitrogens with zero attached hydrogens (tertiary/aromatic N) is 1. The Morgan fingerprint density at radius 2 is 2.06 bits per heavy atom. The first kappa shape index (κ1) is 13.5. The van der Waals surface area contributed by atoms with Gasteiger partial charge in [0.1, 0.15) is 0 Å². The zero-order valence-corrected chi connectivity index (χ0v) is 10.5. The standard InChI is InChI=1S/C12H25N3O/c1-3-12(4-2)6-8-15(9-12)7-5-10(13)11(14)16/h10H,3-9,13H2,1-2H3,(H2,14,16). The molecule has 1 atom stereocenters. The van der Waals surface area contributed by atoms with Crippen molar-refractivity contribution in [3.8, 4) is 0 Å². The number of hydrogen-bond donors (Lipinski definition) is 2. The van der Waals surface area contributed by atoms with E-state index in [0.717, 1.165) is 19.6 Å². The van der Waals surface area contributed by atoms with Crippen LogP contribution in [0.15, 0.2) is 0 Å². The number of carbonyl (C=O) groups excluding carboxylic acids is 1. The number of nitrogens with two attached hydrogens (primary N) is 2. The Morgan fingerprint density at radius 1 is 1.44 bits per heavy atom. The van der Waals surface area contributed by atoms with Crippen LogP contribution in [-0.2, 0) is 4.79 Å². The van der Waals surface area contributed by atoms with E-state index >= 15 is 0 Å². The molecule has 4 N–H and O–H groups in total. The second-order valence-electron chi connectivity index (χ2n) is 5.03. The lowest BCUT2D eigenvalue weighted by Crippen LogP contribution is -2.39. The van der Waals surface area contributed by atoms with E-state index in [0.29, 0.717) is 11.8 Å². The van der Waals surface area contributed by atoms with Crippen molar-refractivity contribution in [3.63, 3.8) is 0 Å². The highest BCUT2D eigenvalue weighted by Gasteiger charge is 2.34. The molecule has 16 heavy (non-hydrogen) atoms. The van der Waals surface area contributed by atoms with Gasteiger partial charge in [-0.15, -0.1) is 0 Å². The number of likely N-dealkylation sites (tertiary alicyclic amines) is 1. The van der Waals surface area contributed by atoms with Crippen molar-refractivity contribution >= 4 is 5.91 Å². The van der Waals surface area contributed by atoms with Crippen molar-refractivity contribution in [1.82, 2.24) is 4.90 Å². The fourth-order valence-corrected chi connectivity index (χ4v) is 2.51. The molecule has 0 aliphatic carbocycles. The van der Waals surface area contributed by atoms with E-state index in [-0.39, 0.29) is 0 Å². The second-order valence-corrected chi connectivity index (χ2v) is 5.03. The van der Waals surface area contributed by atoms with Gasteiger partial charge in [0.15, 0.2) is 0 Å². The lowest BCUT2D eigenvalue weighted by Gasteiger charge is -2.26. The number of primary amides is 1. The molecule has 0 radical (unpaired) electrons. The lowest BCUT2D eigenvalue weighted by molar-refractivity contribution is -0.119. The SMILES string of the molecule is CCC1(CC)CCN(CCC(N)C(N)=O)C1. The molecule has 94 valence electrons. The van der Waals surface area contributed by atoms with Crippen LogP contribution in [0.2, 0.25) is 0 Å². The van der Waals surface area contributed by atoms with E-state index in [2.05, 4.69) is 18.7 Å². The van der Waals surface area contributed by atoms with E-state index in [1.54, 1.807) is 0 Å². The van der Waals surface area contributed by atoms with Gasteiger partial charge < -0.3 is 16.4 Å². The number of carbonyl (C=O) groups is 1. The van der Waals surface area contributed by atoms with Crippen molar-refractivity contribution in [2.24, 2.45) is 16.9 Å². The van der Waals surface area contributed by atoms with Gasteiger partial charge in [0.2, 0.25) is 5.91 Å². The van der Waals surface area contributed by atoms with Gasteiger partial charge in [0.05, 0.1) is 6.04 Å². The highest BCUT2D eigenvalue weighted by Crippen LogP contribution is 2.36. The van der Waals surface area contributed by atoms with Gasteiger partial charge in [0, 0.05) is 13.1 Å². The summed E-state index contributed by atoms with van der Waals surface area (Å²) in [6.45, 7) is 7.70. The third kappa shape index (κ3) is 3.19. The molecule has 1 saturated heterocycles. The third-order valence-electron chi connectivity index (χ3n) is 4.14. The van der Waals surface area contributed by atoms with E-state index in [1.165, 1.54) is 19.3 Å². The van der Waals surface area contributed by atoms with Gasteiger partial charge >= 0.3 is 0 Å². The molecule has 0 saturated carbocycles. The van der Waals surface area contributed by atoms with Crippen LogP contribution >= 0.6 is 0 Å². The number of amides is 1. The number of rotatable bonds is 6. The molecule has 1 heterocycles. The normalized spacial score (nSPS) is 22.2. The molecule has 0 bridgehead atoms. The Kier molecular flexibility index (Phi) is 4.74. The van der Waals surface area contributed by atoms with Gasteiger partial charge in [-0.3, -0.25) is 4.79 Å². The largest absolute Gasteiger partial charge is 0.368 e. The Labute approximate surface area is 98.3 Å². The van der Waals surface area contributed by atoms with Crippen molar-refractivity contribution < 1.29 is 4.79 Å². The molecule has 1 rings (SSSR count). The van der Waals surface area contributed by atoms with Crippen LogP contribution in [0.1, 0.15) is 39.5 Å². The summed E-state index contributed by atoms with van der Waals surface area (Å²) in [7, 11) is 0. The minimum atomic E-state index is -0.488. The zero-order chi connectivity index (χ0) is 12.2. The molecule has 1 aliphatic rings. The van der Waals surface area contributed by atoms with Crippen LogP contribution in [0, 0.1) is 5.41 Å². The molecule has 1 aliphatic heterocycles. The van der Waals surface area contributed by atoms with E-state index in [4.69, 9.17) is 11.5 Å². The average molecular weight is 227 g/mol. The monoisotopic (exact) mass is 227 g/mol. The van der Waals surface area contributed by atoms with Crippen LogP contribution in [0.25, 0.3) is 0 Å². The highest BCUT2D eigenvalue weighted by molar-refractivity contribution is 5.79. The maximum Gasteiger partial charge on any atom is 0.234 e. The summed E-state index contributed by atoms with van der Waals surface area (Å²) in [6.07, 6.45) is 4.42. The second kappa shape index (κ2) is 5.64. The molecule has 1 fully saturated rings. The van der Waals surface area contributed by atoms with Gasteiger partial charge in [-0.2, -0.15) is 0 Å². The van der Waals surface area contributed by atoms with Crippen molar-refractivity contribution in [2.45, 2.75) is 45.6 Å². The van der Waals surface area contributed by atoms with Crippen molar-refractivity contribution in [3.05, 3.63) is 0 Å². The Morgan fingerprint density at radius 3 is 2.50 bits per heavy atom. The van der Waals surface area contributed by atoms with Crippen LogP contribution < -0.4 is 11.5 Å². The minimum absolute atomic E-state index is 0.392. The molecule has 4 heteroatoms. The van der Waals surface area contributed by atoms with Crippen molar-refractivity contribution in [1.29, 1.82) is 0 Å². The van der Waals surface area contributed by atoms with Gasteiger partial charge in [-0.05, 0) is 37.6 Å². The summed E-state index contributed by atoms with van der Waals surface area (Å²) in [5.74, 6) is -0.392. The predicted molar refractivity (Wildman–Crippen MR) is 65.9 cm³/mol. The lowest BCUT2D eigenvalue weighted by atomic mass is 9.82.